The number of sulfonamides is 1. The largest absolute Gasteiger partial charge is 0.370 e. The Morgan fingerprint density at radius 1 is 1.00 bits per heavy atom. The second kappa shape index (κ2) is 9.54. The van der Waals surface area contributed by atoms with Crippen LogP contribution in [0.25, 0.3) is 0 Å². The first kappa shape index (κ1) is 22.0. The van der Waals surface area contributed by atoms with Crippen LogP contribution in [-0.4, -0.2) is 37.4 Å². The summed E-state index contributed by atoms with van der Waals surface area (Å²) in [6.07, 6.45) is 7.47. The van der Waals surface area contributed by atoms with Crippen molar-refractivity contribution in [3.8, 4) is 0 Å². The average molecular weight is 472 g/mol. The third-order valence-corrected chi connectivity index (χ3v) is 6.83. The molecule has 8 nitrogen and oxygen atoms in total. The molecule has 10 heteroatoms. The Hall–Kier alpha value is -3.17. The molecule has 2 N–H and O–H groups in total. The molecule has 166 valence electrons. The molecule has 0 saturated carbocycles. The summed E-state index contributed by atoms with van der Waals surface area (Å²) < 4.78 is 28.6. The summed E-state index contributed by atoms with van der Waals surface area (Å²) in [6.45, 7) is 1.66. The number of nitrogens with zero attached hydrogens (tertiary/aromatic N) is 3. The highest BCUT2D eigenvalue weighted by atomic mass is 35.5. The third kappa shape index (κ3) is 5.00. The summed E-state index contributed by atoms with van der Waals surface area (Å²) in [5.74, 6) is -0.468. The quantitative estimate of drug-likeness (QED) is 0.559. The van der Waals surface area contributed by atoms with Crippen molar-refractivity contribution in [2.75, 3.05) is 28.0 Å². The van der Waals surface area contributed by atoms with Crippen LogP contribution in [0.4, 0.5) is 17.1 Å². The van der Waals surface area contributed by atoms with Gasteiger partial charge in [0.2, 0.25) is 0 Å². The van der Waals surface area contributed by atoms with Gasteiger partial charge in [0.15, 0.2) is 0 Å². The number of aromatic nitrogens is 2. The van der Waals surface area contributed by atoms with Crippen LogP contribution in [-0.2, 0) is 10.0 Å². The van der Waals surface area contributed by atoms with Crippen LogP contribution in [0.5, 0.6) is 0 Å². The normalized spacial score (nSPS) is 14.1. The van der Waals surface area contributed by atoms with Gasteiger partial charge < -0.3 is 10.2 Å². The maximum Gasteiger partial charge on any atom is 0.275 e. The Balaban J connectivity index is 1.69. The van der Waals surface area contributed by atoms with E-state index in [1.165, 1.54) is 30.7 Å². The number of piperidine rings is 1. The number of nitrogens with one attached hydrogen (secondary N) is 2. The third-order valence-electron chi connectivity index (χ3n) is 5.14. The number of para-hydroxylation sites is 1. The Kier molecular flexibility index (Phi) is 6.57. The first-order chi connectivity index (χ1) is 15.4. The number of amides is 1. The second-order valence-electron chi connectivity index (χ2n) is 7.36. The highest BCUT2D eigenvalue weighted by Crippen LogP contribution is 2.32. The van der Waals surface area contributed by atoms with Gasteiger partial charge in [-0.1, -0.05) is 23.7 Å². The molecule has 1 saturated heterocycles. The van der Waals surface area contributed by atoms with E-state index in [1.807, 2.05) is 0 Å². The maximum atomic E-state index is 13.0. The van der Waals surface area contributed by atoms with Crippen molar-refractivity contribution in [1.29, 1.82) is 0 Å². The van der Waals surface area contributed by atoms with Gasteiger partial charge in [-0.05, 0) is 49.6 Å². The number of halogens is 1. The summed E-state index contributed by atoms with van der Waals surface area (Å²) in [5.41, 5.74) is 1.57. The minimum Gasteiger partial charge on any atom is -0.370 e. The molecule has 32 heavy (non-hydrogen) atoms. The van der Waals surface area contributed by atoms with Crippen molar-refractivity contribution in [3.63, 3.8) is 0 Å². The minimum absolute atomic E-state index is 0.00706. The highest BCUT2D eigenvalue weighted by molar-refractivity contribution is 7.92. The van der Waals surface area contributed by atoms with Gasteiger partial charge in [-0.2, -0.15) is 0 Å². The van der Waals surface area contributed by atoms with Crippen molar-refractivity contribution in [1.82, 2.24) is 9.97 Å². The van der Waals surface area contributed by atoms with E-state index in [-0.39, 0.29) is 21.3 Å². The average Bonchev–Trinajstić information content (AvgIpc) is 2.81. The van der Waals surface area contributed by atoms with E-state index in [4.69, 9.17) is 11.6 Å². The van der Waals surface area contributed by atoms with Gasteiger partial charge in [-0.25, -0.2) is 13.4 Å². The van der Waals surface area contributed by atoms with Crippen LogP contribution in [0.1, 0.15) is 29.8 Å². The predicted octanol–water partition coefficient (Wildman–Crippen LogP) is 4.17. The van der Waals surface area contributed by atoms with Gasteiger partial charge in [0.05, 0.1) is 33.2 Å². The topological polar surface area (TPSA) is 104 Å². The van der Waals surface area contributed by atoms with Gasteiger partial charge in [-0.3, -0.25) is 14.5 Å². The lowest BCUT2D eigenvalue weighted by Crippen LogP contribution is -2.30. The van der Waals surface area contributed by atoms with Gasteiger partial charge in [0, 0.05) is 25.5 Å². The molecule has 1 fully saturated rings. The van der Waals surface area contributed by atoms with Crippen LogP contribution in [0.3, 0.4) is 0 Å². The molecule has 1 amide bonds. The first-order valence-corrected chi connectivity index (χ1v) is 12.0. The number of anilines is 3. The Morgan fingerprint density at radius 2 is 1.78 bits per heavy atom. The highest BCUT2D eigenvalue weighted by Gasteiger charge is 2.22. The smallest absolute Gasteiger partial charge is 0.275 e. The van der Waals surface area contributed by atoms with Crippen LogP contribution in [0.2, 0.25) is 5.02 Å². The van der Waals surface area contributed by atoms with Crippen molar-refractivity contribution in [3.05, 3.63) is 71.8 Å². The second-order valence-corrected chi connectivity index (χ2v) is 9.45. The molecule has 2 aromatic carbocycles. The van der Waals surface area contributed by atoms with E-state index in [0.29, 0.717) is 5.69 Å². The SMILES string of the molecule is O=C(Nc1cc(S(=O)(=O)Nc2ccccc2Cl)ccc1N1CCCCC1)c1cnccn1. The molecule has 3 aromatic rings. The number of rotatable bonds is 6. The van der Waals surface area contributed by atoms with Gasteiger partial charge in [0.25, 0.3) is 15.9 Å². The Bertz CT molecular complexity index is 1220. The monoisotopic (exact) mass is 471 g/mol. The first-order valence-electron chi connectivity index (χ1n) is 10.2. The van der Waals surface area contributed by atoms with E-state index in [9.17, 15) is 13.2 Å². The zero-order valence-corrected chi connectivity index (χ0v) is 18.7. The fourth-order valence-electron chi connectivity index (χ4n) is 3.54. The lowest BCUT2D eigenvalue weighted by Gasteiger charge is -2.30. The van der Waals surface area contributed by atoms with Crippen LogP contribution in [0.15, 0.2) is 66.0 Å². The summed E-state index contributed by atoms with van der Waals surface area (Å²) in [7, 11) is -3.94. The molecule has 2 heterocycles. The van der Waals surface area contributed by atoms with E-state index in [1.54, 1.807) is 30.3 Å². The minimum atomic E-state index is -3.94. The van der Waals surface area contributed by atoms with Crippen LogP contribution in [0, 0.1) is 0 Å². The molecular formula is C22H22ClN5O3S. The summed E-state index contributed by atoms with van der Waals surface area (Å²) in [6, 6.07) is 11.3. The molecular weight excluding hydrogens is 450 g/mol. The number of carbonyl (C=O) groups is 1. The number of hydrogen-bond acceptors (Lipinski definition) is 6. The number of benzene rings is 2. The van der Waals surface area contributed by atoms with Crippen molar-refractivity contribution < 1.29 is 13.2 Å². The molecule has 1 aromatic heterocycles. The van der Waals surface area contributed by atoms with E-state index in [2.05, 4.69) is 24.9 Å². The maximum absolute atomic E-state index is 13.0. The predicted molar refractivity (Wildman–Crippen MR) is 125 cm³/mol. The Labute approximate surface area is 191 Å². The van der Waals surface area contributed by atoms with E-state index in [0.717, 1.165) is 38.0 Å². The molecule has 0 radical (unpaired) electrons. The molecule has 1 aliphatic rings. The summed E-state index contributed by atoms with van der Waals surface area (Å²) in [5, 5.41) is 3.10. The molecule has 0 aliphatic carbocycles. The molecule has 0 bridgehead atoms. The molecule has 0 spiro atoms. The molecule has 4 rings (SSSR count). The summed E-state index contributed by atoms with van der Waals surface area (Å²) in [4.78, 5) is 22.8. The standard InChI is InChI=1S/C22H22ClN5O3S/c23-17-6-2-3-7-18(17)27-32(30,31)16-8-9-21(28-12-4-1-5-13-28)19(14-16)26-22(29)20-15-24-10-11-25-20/h2-3,6-11,14-15,27H,1,4-5,12-13H2,(H,26,29). The van der Waals surface area contributed by atoms with Crippen molar-refractivity contribution in [2.45, 2.75) is 24.2 Å². The van der Waals surface area contributed by atoms with Crippen LogP contribution < -0.4 is 14.9 Å². The lowest BCUT2D eigenvalue weighted by atomic mass is 10.1. The molecule has 1 aliphatic heterocycles. The van der Waals surface area contributed by atoms with Crippen molar-refractivity contribution >= 4 is 44.6 Å². The van der Waals surface area contributed by atoms with E-state index >= 15 is 0 Å². The van der Waals surface area contributed by atoms with E-state index < -0.39 is 15.9 Å². The zero-order chi connectivity index (χ0) is 22.6. The lowest BCUT2D eigenvalue weighted by molar-refractivity contribution is 0.102. The molecule has 0 unspecified atom stereocenters. The van der Waals surface area contributed by atoms with Gasteiger partial charge in [-0.15, -0.1) is 0 Å². The fourth-order valence-corrected chi connectivity index (χ4v) is 4.89. The fraction of sp³-hybridized carbons (Fsp3) is 0.227. The Morgan fingerprint density at radius 3 is 2.50 bits per heavy atom. The van der Waals surface area contributed by atoms with Crippen LogP contribution >= 0.6 is 11.6 Å². The van der Waals surface area contributed by atoms with Gasteiger partial charge >= 0.3 is 0 Å². The zero-order valence-electron chi connectivity index (χ0n) is 17.2. The molecule has 0 atom stereocenters. The number of carbonyl (C=O) groups excluding carboxylic acids is 1. The summed E-state index contributed by atoms with van der Waals surface area (Å²) >= 11 is 6.11. The van der Waals surface area contributed by atoms with Gasteiger partial charge in [0.1, 0.15) is 5.69 Å². The number of hydrogen-bond donors (Lipinski definition) is 2. The van der Waals surface area contributed by atoms with Crippen molar-refractivity contribution in [2.24, 2.45) is 0 Å².